The van der Waals surface area contributed by atoms with Crippen LogP contribution < -0.4 is 4.90 Å². The summed E-state index contributed by atoms with van der Waals surface area (Å²) in [6.07, 6.45) is 22.2. The highest BCUT2D eigenvalue weighted by Crippen LogP contribution is 2.53. The molecule has 338 valence electrons. The van der Waals surface area contributed by atoms with Crippen LogP contribution in [0.15, 0.2) is 236 Å². The van der Waals surface area contributed by atoms with Crippen molar-refractivity contribution in [3.8, 4) is 55.6 Å². The van der Waals surface area contributed by atoms with E-state index in [2.05, 4.69) is 270 Å². The van der Waals surface area contributed by atoms with E-state index >= 15 is 0 Å². The Morgan fingerprint density at radius 1 is 0.449 bits per heavy atom. The molecule has 0 heterocycles. The van der Waals surface area contributed by atoms with Gasteiger partial charge in [-0.15, -0.1) is 0 Å². The number of hydrogen-bond acceptors (Lipinski definition) is 1. The molecule has 0 N–H and O–H groups in total. The lowest BCUT2D eigenvalue weighted by molar-refractivity contribution is 0.660. The van der Waals surface area contributed by atoms with Crippen molar-refractivity contribution in [1.29, 1.82) is 0 Å². The summed E-state index contributed by atoms with van der Waals surface area (Å²) < 4.78 is 0. The molecule has 0 fully saturated rings. The van der Waals surface area contributed by atoms with Crippen LogP contribution in [0, 0.1) is 13.8 Å². The number of rotatable bonds is 9. The van der Waals surface area contributed by atoms with Gasteiger partial charge in [0.15, 0.2) is 0 Å². The zero-order chi connectivity index (χ0) is 47.3. The van der Waals surface area contributed by atoms with E-state index < -0.39 is 0 Å². The third kappa shape index (κ3) is 9.31. The van der Waals surface area contributed by atoms with Crippen LogP contribution in [0.2, 0.25) is 0 Å². The van der Waals surface area contributed by atoms with E-state index in [1.807, 2.05) is 0 Å². The summed E-state index contributed by atoms with van der Waals surface area (Å²) in [5, 5.41) is 0. The molecule has 0 unspecified atom stereocenters. The van der Waals surface area contributed by atoms with E-state index in [1.54, 1.807) is 0 Å². The number of anilines is 3. The van der Waals surface area contributed by atoms with Gasteiger partial charge in [-0.3, -0.25) is 0 Å². The zero-order valence-corrected chi connectivity index (χ0v) is 40.7. The molecular weight excluding hydrogens is 831 g/mol. The highest BCUT2D eigenvalue weighted by Gasteiger charge is 2.37. The molecule has 0 radical (unpaired) electrons. The number of nitrogens with zero attached hydrogens (tertiary/aromatic N) is 1. The summed E-state index contributed by atoms with van der Waals surface area (Å²) in [5.74, 6) is 0. The fourth-order valence-electron chi connectivity index (χ4n) is 10.5. The van der Waals surface area contributed by atoms with Gasteiger partial charge in [-0.1, -0.05) is 201 Å². The first kappa shape index (κ1) is 45.1. The molecule has 0 saturated carbocycles. The summed E-state index contributed by atoms with van der Waals surface area (Å²) >= 11 is 0. The Balaban J connectivity index is 0.000000858. The monoisotopic (exact) mass is 891 g/mol. The third-order valence-electron chi connectivity index (χ3n) is 14.1. The summed E-state index contributed by atoms with van der Waals surface area (Å²) in [5.41, 5.74) is 25.1. The molecule has 8 aromatic rings. The van der Waals surface area contributed by atoms with E-state index in [-0.39, 0.29) is 5.41 Å². The maximum absolute atomic E-state index is 2.44. The lowest BCUT2D eigenvalue weighted by Crippen LogP contribution is -2.15. The first-order valence-corrected chi connectivity index (χ1v) is 24.7. The molecule has 0 saturated heterocycles. The second-order valence-electron chi connectivity index (χ2n) is 19.2. The maximum Gasteiger partial charge on any atom is 0.0467 e. The van der Waals surface area contributed by atoms with Crippen molar-refractivity contribution in [2.45, 2.75) is 65.7 Å². The Kier molecular flexibility index (Phi) is 13.0. The van der Waals surface area contributed by atoms with Gasteiger partial charge in [0.1, 0.15) is 0 Å². The highest BCUT2D eigenvalue weighted by atomic mass is 15.1. The van der Waals surface area contributed by atoms with Gasteiger partial charge in [0.05, 0.1) is 0 Å². The second-order valence-corrected chi connectivity index (χ2v) is 19.2. The average Bonchev–Trinajstić information content (AvgIpc) is 3.62. The number of allylic oxidation sites excluding steroid dienone is 10. The predicted octanol–water partition coefficient (Wildman–Crippen LogP) is 19.3. The van der Waals surface area contributed by atoms with Gasteiger partial charge in [-0.2, -0.15) is 0 Å². The van der Waals surface area contributed by atoms with Crippen LogP contribution in [0.3, 0.4) is 0 Å². The summed E-state index contributed by atoms with van der Waals surface area (Å²) in [6, 6.07) is 67.5. The third-order valence-corrected chi connectivity index (χ3v) is 14.1. The molecule has 0 aliphatic heterocycles. The van der Waals surface area contributed by atoms with Gasteiger partial charge in [-0.05, 0) is 184 Å². The standard InChI is InChI=1S/C62H53N.C6H8/c1-6-17-46-22-13-14-27-55(46)56-40-50(29-28-43(56)3)45-30-33-52(34-31-45)63(53-25-15-23-48(38-53)44-18-9-7-10-19-44)54-26-16-24-49(39-54)51-32-35-59-58(41-51)61-57(47-20-11-8-12-21-47)36-42(2)37-60(61)62(59,4)5;1-2-4-6-5-3-1/h6-12,14-21,23-41H,13,22H2,1-5H3;1-4H,5-6H2/b17-6+;. The van der Waals surface area contributed by atoms with Crippen molar-refractivity contribution in [2.75, 3.05) is 4.90 Å². The Labute approximate surface area is 410 Å². The fraction of sp³-hybridized carbons (Fsp3) is 0.147. The Morgan fingerprint density at radius 3 is 1.67 bits per heavy atom. The normalized spacial score (nSPS) is 14.3. The van der Waals surface area contributed by atoms with E-state index in [1.165, 1.54) is 107 Å². The second kappa shape index (κ2) is 19.8. The summed E-state index contributed by atoms with van der Waals surface area (Å²) in [4.78, 5) is 2.41. The number of benzene rings is 8. The van der Waals surface area contributed by atoms with Gasteiger partial charge < -0.3 is 4.90 Å². The van der Waals surface area contributed by atoms with E-state index in [0.29, 0.717) is 0 Å². The van der Waals surface area contributed by atoms with Crippen LogP contribution >= 0.6 is 0 Å². The molecule has 0 spiro atoms. The highest BCUT2D eigenvalue weighted by molar-refractivity contribution is 5.95. The Morgan fingerprint density at radius 2 is 1.01 bits per heavy atom. The van der Waals surface area contributed by atoms with E-state index in [4.69, 9.17) is 0 Å². The van der Waals surface area contributed by atoms with Crippen LogP contribution in [0.25, 0.3) is 61.2 Å². The quantitative estimate of drug-likeness (QED) is 0.140. The van der Waals surface area contributed by atoms with Crippen LogP contribution in [-0.4, -0.2) is 0 Å². The lowest BCUT2D eigenvalue weighted by Gasteiger charge is -2.27. The van der Waals surface area contributed by atoms with Crippen molar-refractivity contribution in [3.63, 3.8) is 0 Å². The van der Waals surface area contributed by atoms with Crippen molar-refractivity contribution in [2.24, 2.45) is 0 Å². The lowest BCUT2D eigenvalue weighted by atomic mass is 9.81. The van der Waals surface area contributed by atoms with Crippen molar-refractivity contribution in [1.82, 2.24) is 0 Å². The first-order valence-electron chi connectivity index (χ1n) is 24.7. The fourth-order valence-corrected chi connectivity index (χ4v) is 10.5. The van der Waals surface area contributed by atoms with Crippen molar-refractivity contribution < 1.29 is 0 Å². The molecule has 3 aliphatic rings. The molecular formula is C68H61N. The SMILES string of the molecule is C/C=C/C1=C(c2cc(-c3ccc(N(c4cccc(-c5ccccc5)c4)c4cccc(-c5ccc6c(c5)-c5c(-c7ccccc7)cc(C)cc5C6(C)C)c4)cc3)ccc2C)C=CCC1.C1=CCCC=C1. The minimum Gasteiger partial charge on any atom is -0.310 e. The van der Waals surface area contributed by atoms with Crippen LogP contribution in [0.1, 0.15) is 74.3 Å². The van der Waals surface area contributed by atoms with Gasteiger partial charge in [0, 0.05) is 22.5 Å². The number of hydrogen-bond donors (Lipinski definition) is 0. The molecule has 11 rings (SSSR count). The van der Waals surface area contributed by atoms with Gasteiger partial charge in [0.25, 0.3) is 0 Å². The molecule has 0 atom stereocenters. The predicted molar refractivity (Wildman–Crippen MR) is 298 cm³/mol. The molecule has 0 aromatic heterocycles. The first-order chi connectivity index (χ1) is 33.8. The number of fused-ring (bicyclic) bond motifs is 3. The van der Waals surface area contributed by atoms with Crippen molar-refractivity contribution in [3.05, 3.63) is 264 Å². The molecule has 3 aliphatic carbocycles. The smallest absolute Gasteiger partial charge is 0.0467 e. The van der Waals surface area contributed by atoms with Crippen molar-refractivity contribution >= 4 is 22.6 Å². The summed E-state index contributed by atoms with van der Waals surface area (Å²) in [6.45, 7) is 11.3. The topological polar surface area (TPSA) is 3.24 Å². The molecule has 69 heavy (non-hydrogen) atoms. The van der Waals surface area contributed by atoms with E-state index in [0.717, 1.165) is 29.9 Å². The minimum absolute atomic E-state index is 0.104. The van der Waals surface area contributed by atoms with Gasteiger partial charge >= 0.3 is 0 Å². The molecule has 8 aromatic carbocycles. The maximum atomic E-state index is 2.44. The molecule has 0 amide bonds. The van der Waals surface area contributed by atoms with Crippen LogP contribution in [0.4, 0.5) is 17.1 Å². The molecule has 0 bridgehead atoms. The van der Waals surface area contributed by atoms with Gasteiger partial charge in [0.2, 0.25) is 0 Å². The van der Waals surface area contributed by atoms with Crippen LogP contribution in [-0.2, 0) is 5.41 Å². The summed E-state index contributed by atoms with van der Waals surface area (Å²) in [7, 11) is 0. The number of aryl methyl sites for hydroxylation is 2. The van der Waals surface area contributed by atoms with Crippen LogP contribution in [0.5, 0.6) is 0 Å². The largest absolute Gasteiger partial charge is 0.310 e. The van der Waals surface area contributed by atoms with E-state index in [9.17, 15) is 0 Å². The zero-order valence-electron chi connectivity index (χ0n) is 40.7. The molecule has 1 heteroatoms. The average molecular weight is 892 g/mol. The molecule has 1 nitrogen and oxygen atoms in total. The van der Waals surface area contributed by atoms with Gasteiger partial charge in [-0.25, -0.2) is 0 Å². The Hall–Kier alpha value is -7.74. The Bertz CT molecular complexity index is 3290. The minimum atomic E-state index is -0.104.